The molecule has 2 saturated carbocycles. The van der Waals surface area contributed by atoms with Gasteiger partial charge < -0.3 is 20.5 Å². The van der Waals surface area contributed by atoms with E-state index in [1.54, 1.807) is 13.8 Å². The predicted octanol–water partition coefficient (Wildman–Crippen LogP) is 4.21. The van der Waals surface area contributed by atoms with Crippen LogP contribution >= 0.6 is 0 Å². The first-order valence-corrected chi connectivity index (χ1v) is 10.0. The monoisotopic (exact) mass is 368 g/mol. The fraction of sp³-hybridized carbons (Fsp3) is 0.800. The molecule has 0 aromatic heterocycles. The van der Waals surface area contributed by atoms with E-state index in [0.29, 0.717) is 0 Å². The van der Waals surface area contributed by atoms with Crippen LogP contribution in [-0.2, 0) is 9.53 Å². The van der Waals surface area contributed by atoms with Gasteiger partial charge in [-0.25, -0.2) is 9.59 Å². The zero-order valence-electron chi connectivity index (χ0n) is 16.3. The molecule has 0 bridgehead atoms. The first-order chi connectivity index (χ1) is 12.4. The molecule has 26 heavy (non-hydrogen) atoms. The summed E-state index contributed by atoms with van der Waals surface area (Å²) in [6.07, 6.45) is 14.7. The molecule has 0 aromatic carbocycles. The zero-order valence-corrected chi connectivity index (χ0v) is 16.3. The number of ether oxygens (including phenoxy) is 1. The van der Waals surface area contributed by atoms with E-state index in [1.165, 1.54) is 64.2 Å². The van der Waals surface area contributed by atoms with E-state index in [0.717, 1.165) is 18.3 Å². The Balaban J connectivity index is 0.000000260. The standard InChI is InChI=1S/C12H23N.C8H13NO4/c1-3-7-11(8-4-1)13-12-9-5-2-6-10-12;1-4-13-8(12)9-6(5(2)3)7(10)11/h11-13H,1-10H2;4-6H,1H2,2-3H3,(H,9,12)(H,10,11)/t;6-/m.0/s1. The van der Waals surface area contributed by atoms with Crippen LogP contribution in [0.25, 0.3) is 0 Å². The largest absolute Gasteiger partial charge is 0.480 e. The van der Waals surface area contributed by atoms with Gasteiger partial charge >= 0.3 is 12.1 Å². The second kappa shape index (κ2) is 12.7. The Morgan fingerprint density at radius 3 is 1.81 bits per heavy atom. The predicted molar refractivity (Wildman–Crippen MR) is 103 cm³/mol. The van der Waals surface area contributed by atoms with Crippen molar-refractivity contribution < 1.29 is 19.4 Å². The minimum Gasteiger partial charge on any atom is -0.480 e. The van der Waals surface area contributed by atoms with Crippen molar-refractivity contribution in [3.63, 3.8) is 0 Å². The van der Waals surface area contributed by atoms with Gasteiger partial charge in [-0.1, -0.05) is 59.0 Å². The number of nitrogens with one attached hydrogen (secondary N) is 2. The van der Waals surface area contributed by atoms with Gasteiger partial charge in [0.15, 0.2) is 0 Å². The van der Waals surface area contributed by atoms with Crippen LogP contribution in [0.2, 0.25) is 0 Å². The summed E-state index contributed by atoms with van der Waals surface area (Å²) in [6.45, 7) is 6.54. The van der Waals surface area contributed by atoms with E-state index in [4.69, 9.17) is 5.11 Å². The average molecular weight is 369 g/mol. The average Bonchev–Trinajstić information content (AvgIpc) is 2.62. The molecular weight excluding hydrogens is 332 g/mol. The van der Waals surface area contributed by atoms with Crippen molar-refractivity contribution in [1.29, 1.82) is 0 Å². The lowest BCUT2D eigenvalue weighted by molar-refractivity contribution is -0.140. The second-order valence-electron chi connectivity index (χ2n) is 7.61. The van der Waals surface area contributed by atoms with Crippen molar-refractivity contribution in [3.8, 4) is 0 Å². The topological polar surface area (TPSA) is 87.7 Å². The highest BCUT2D eigenvalue weighted by Gasteiger charge is 2.23. The normalized spacial score (nSPS) is 19.8. The number of carbonyl (C=O) groups excluding carboxylic acids is 1. The molecule has 0 radical (unpaired) electrons. The van der Waals surface area contributed by atoms with Crippen LogP contribution in [0.1, 0.15) is 78.1 Å². The number of carboxylic acid groups (broad SMARTS) is 1. The molecule has 0 spiro atoms. The number of rotatable bonds is 6. The molecule has 0 aromatic rings. The maximum Gasteiger partial charge on any atom is 0.412 e. The lowest BCUT2D eigenvalue weighted by Gasteiger charge is -2.30. The maximum atomic E-state index is 10.8. The summed E-state index contributed by atoms with van der Waals surface area (Å²) in [6, 6.07) is 0.807. The third kappa shape index (κ3) is 9.22. The van der Waals surface area contributed by atoms with Gasteiger partial charge in [-0.05, 0) is 31.6 Å². The van der Waals surface area contributed by atoms with Crippen LogP contribution in [-0.4, -0.2) is 35.3 Å². The van der Waals surface area contributed by atoms with Gasteiger partial charge in [0.25, 0.3) is 0 Å². The highest BCUT2D eigenvalue weighted by Crippen LogP contribution is 2.22. The van der Waals surface area contributed by atoms with Gasteiger partial charge in [0, 0.05) is 12.1 Å². The Morgan fingerprint density at radius 2 is 1.46 bits per heavy atom. The summed E-state index contributed by atoms with van der Waals surface area (Å²) < 4.78 is 4.32. The molecule has 6 heteroatoms. The maximum absolute atomic E-state index is 10.8. The molecule has 150 valence electrons. The molecule has 1 atom stereocenters. The van der Waals surface area contributed by atoms with Crippen molar-refractivity contribution in [2.24, 2.45) is 5.92 Å². The Morgan fingerprint density at radius 1 is 1.00 bits per heavy atom. The highest BCUT2D eigenvalue weighted by atomic mass is 16.5. The third-order valence-corrected chi connectivity index (χ3v) is 5.08. The molecule has 2 aliphatic carbocycles. The number of carboxylic acids is 1. The van der Waals surface area contributed by atoms with Gasteiger partial charge in [0.2, 0.25) is 0 Å². The molecule has 2 rings (SSSR count). The van der Waals surface area contributed by atoms with E-state index in [-0.39, 0.29) is 5.92 Å². The van der Waals surface area contributed by atoms with Crippen molar-refractivity contribution in [2.75, 3.05) is 0 Å². The van der Waals surface area contributed by atoms with Gasteiger partial charge in [0.1, 0.15) is 6.04 Å². The van der Waals surface area contributed by atoms with Crippen LogP contribution in [0.5, 0.6) is 0 Å². The Kier molecular flexibility index (Phi) is 11.0. The minimum atomic E-state index is -1.09. The van der Waals surface area contributed by atoms with Crippen LogP contribution in [0.4, 0.5) is 4.79 Å². The Bertz CT molecular complexity index is 412. The van der Waals surface area contributed by atoms with Gasteiger partial charge in [-0.2, -0.15) is 0 Å². The molecule has 2 fully saturated rings. The van der Waals surface area contributed by atoms with Gasteiger partial charge in [0.05, 0.1) is 6.26 Å². The molecular formula is C20H36N2O4. The number of aliphatic carboxylic acids is 1. The summed E-state index contributed by atoms with van der Waals surface area (Å²) in [5.41, 5.74) is 0. The Labute approximate surface area is 157 Å². The molecule has 0 unspecified atom stereocenters. The number of carbonyl (C=O) groups is 2. The summed E-state index contributed by atoms with van der Waals surface area (Å²) >= 11 is 0. The lowest BCUT2D eigenvalue weighted by atomic mass is 9.91. The number of amides is 1. The number of hydrogen-bond acceptors (Lipinski definition) is 4. The second-order valence-corrected chi connectivity index (χ2v) is 7.61. The SMILES string of the molecule is C1CCC(NC2CCCCC2)CC1.C=COC(=O)N[C@H](C(=O)O)C(C)C. The molecule has 6 nitrogen and oxygen atoms in total. The summed E-state index contributed by atoms with van der Waals surface area (Å²) in [7, 11) is 0. The van der Waals surface area contributed by atoms with Gasteiger partial charge in [-0.3, -0.25) is 0 Å². The van der Waals surface area contributed by atoms with Crippen LogP contribution in [0.3, 0.4) is 0 Å². The first kappa shape index (κ1) is 22.5. The molecule has 3 N–H and O–H groups in total. The highest BCUT2D eigenvalue weighted by molar-refractivity contribution is 5.80. The van der Waals surface area contributed by atoms with E-state index >= 15 is 0 Å². The zero-order chi connectivity index (χ0) is 19.4. The summed E-state index contributed by atoms with van der Waals surface area (Å²) in [5, 5.41) is 14.7. The molecule has 0 aliphatic heterocycles. The molecule has 2 aliphatic rings. The Hall–Kier alpha value is -1.56. The minimum absolute atomic E-state index is 0.199. The molecule has 0 saturated heterocycles. The lowest BCUT2D eigenvalue weighted by Crippen LogP contribution is -2.44. The van der Waals surface area contributed by atoms with Crippen molar-refractivity contribution in [1.82, 2.24) is 10.6 Å². The van der Waals surface area contributed by atoms with Crippen LogP contribution in [0, 0.1) is 5.92 Å². The van der Waals surface area contributed by atoms with Crippen LogP contribution in [0.15, 0.2) is 12.8 Å². The van der Waals surface area contributed by atoms with E-state index in [2.05, 4.69) is 21.9 Å². The fourth-order valence-electron chi connectivity index (χ4n) is 3.62. The third-order valence-electron chi connectivity index (χ3n) is 5.08. The fourth-order valence-corrected chi connectivity index (χ4v) is 3.62. The number of alkyl carbamates (subject to hydrolysis) is 1. The first-order valence-electron chi connectivity index (χ1n) is 10.0. The summed E-state index contributed by atoms with van der Waals surface area (Å²) in [4.78, 5) is 21.4. The van der Waals surface area contributed by atoms with Gasteiger partial charge in [-0.15, -0.1) is 0 Å². The van der Waals surface area contributed by atoms with E-state index in [1.807, 2.05) is 0 Å². The van der Waals surface area contributed by atoms with E-state index in [9.17, 15) is 9.59 Å². The van der Waals surface area contributed by atoms with Crippen LogP contribution < -0.4 is 10.6 Å². The molecule has 0 heterocycles. The quantitative estimate of drug-likeness (QED) is 0.611. The smallest absolute Gasteiger partial charge is 0.412 e. The van der Waals surface area contributed by atoms with Crippen molar-refractivity contribution in [3.05, 3.63) is 12.8 Å². The molecule has 1 amide bonds. The van der Waals surface area contributed by atoms with Crippen molar-refractivity contribution >= 4 is 12.1 Å². The summed E-state index contributed by atoms with van der Waals surface area (Å²) in [5.74, 6) is -1.29. The van der Waals surface area contributed by atoms with E-state index < -0.39 is 18.1 Å². The van der Waals surface area contributed by atoms with Crippen molar-refractivity contribution in [2.45, 2.75) is 96.2 Å². The number of hydrogen-bond donors (Lipinski definition) is 3.